The predicted octanol–water partition coefficient (Wildman–Crippen LogP) is 4.36. The molecule has 6 nitrogen and oxygen atoms in total. The summed E-state index contributed by atoms with van der Waals surface area (Å²) in [7, 11) is 1.66. The number of nitrogens with one attached hydrogen (secondary N) is 1. The molecule has 0 atom stereocenters. The SMILES string of the molecule is COc1cc(Oc2cnc(N)nc2NCC(C)C)c(C(C)C)cc1C. The summed E-state index contributed by atoms with van der Waals surface area (Å²) in [6.07, 6.45) is 1.60. The van der Waals surface area contributed by atoms with Crippen molar-refractivity contribution in [2.45, 2.75) is 40.5 Å². The lowest BCUT2D eigenvalue weighted by Crippen LogP contribution is -2.11. The quantitative estimate of drug-likeness (QED) is 0.776. The van der Waals surface area contributed by atoms with Crippen LogP contribution in [0.4, 0.5) is 11.8 Å². The van der Waals surface area contributed by atoms with Crippen LogP contribution in [0.2, 0.25) is 0 Å². The van der Waals surface area contributed by atoms with Gasteiger partial charge in [-0.2, -0.15) is 4.98 Å². The Morgan fingerprint density at radius 1 is 1.12 bits per heavy atom. The topological polar surface area (TPSA) is 82.3 Å². The van der Waals surface area contributed by atoms with E-state index in [1.165, 1.54) is 0 Å². The van der Waals surface area contributed by atoms with Gasteiger partial charge in [-0.3, -0.25) is 0 Å². The summed E-state index contributed by atoms with van der Waals surface area (Å²) in [6.45, 7) is 11.3. The van der Waals surface area contributed by atoms with Crippen LogP contribution in [0.3, 0.4) is 0 Å². The maximum absolute atomic E-state index is 6.16. The maximum atomic E-state index is 6.16. The molecule has 0 radical (unpaired) electrons. The Labute approximate surface area is 149 Å². The monoisotopic (exact) mass is 344 g/mol. The van der Waals surface area contributed by atoms with Crippen LogP contribution in [0.15, 0.2) is 18.3 Å². The zero-order valence-electron chi connectivity index (χ0n) is 15.9. The maximum Gasteiger partial charge on any atom is 0.222 e. The highest BCUT2D eigenvalue weighted by molar-refractivity contribution is 5.55. The molecule has 136 valence electrons. The van der Waals surface area contributed by atoms with Crippen molar-refractivity contribution in [2.75, 3.05) is 24.7 Å². The molecule has 25 heavy (non-hydrogen) atoms. The van der Waals surface area contributed by atoms with Gasteiger partial charge in [0.25, 0.3) is 0 Å². The summed E-state index contributed by atoms with van der Waals surface area (Å²) < 4.78 is 11.6. The van der Waals surface area contributed by atoms with E-state index >= 15 is 0 Å². The second-order valence-electron chi connectivity index (χ2n) is 6.83. The molecule has 1 heterocycles. The minimum Gasteiger partial charge on any atom is -0.496 e. The predicted molar refractivity (Wildman–Crippen MR) is 102 cm³/mol. The summed E-state index contributed by atoms with van der Waals surface area (Å²) in [5.41, 5.74) is 7.91. The van der Waals surface area contributed by atoms with E-state index in [0.29, 0.717) is 23.4 Å². The van der Waals surface area contributed by atoms with E-state index in [9.17, 15) is 0 Å². The molecule has 0 unspecified atom stereocenters. The van der Waals surface area contributed by atoms with Crippen molar-refractivity contribution in [2.24, 2.45) is 5.92 Å². The van der Waals surface area contributed by atoms with Gasteiger partial charge in [0, 0.05) is 12.6 Å². The molecule has 0 saturated heterocycles. The Kier molecular flexibility index (Phi) is 6.07. The van der Waals surface area contributed by atoms with Crippen LogP contribution in [0.1, 0.15) is 44.7 Å². The van der Waals surface area contributed by atoms with E-state index in [0.717, 1.165) is 29.2 Å². The van der Waals surface area contributed by atoms with Gasteiger partial charge in [0.2, 0.25) is 5.95 Å². The number of nitrogens with zero attached hydrogens (tertiary/aromatic N) is 2. The molecule has 2 rings (SSSR count). The first-order chi connectivity index (χ1) is 11.8. The number of methoxy groups -OCH3 is 1. The number of nitrogen functional groups attached to an aromatic ring is 1. The highest BCUT2D eigenvalue weighted by Crippen LogP contribution is 2.37. The van der Waals surface area contributed by atoms with Crippen molar-refractivity contribution >= 4 is 11.8 Å². The van der Waals surface area contributed by atoms with Gasteiger partial charge >= 0.3 is 0 Å². The van der Waals surface area contributed by atoms with Crippen molar-refractivity contribution < 1.29 is 9.47 Å². The number of rotatable bonds is 7. The molecule has 0 aliphatic carbocycles. The fraction of sp³-hybridized carbons (Fsp3) is 0.474. The number of hydrogen-bond donors (Lipinski definition) is 2. The number of hydrogen-bond acceptors (Lipinski definition) is 6. The summed E-state index contributed by atoms with van der Waals surface area (Å²) in [5.74, 6) is 3.64. The number of benzene rings is 1. The van der Waals surface area contributed by atoms with E-state index in [2.05, 4.69) is 49.0 Å². The highest BCUT2D eigenvalue weighted by atomic mass is 16.5. The fourth-order valence-electron chi connectivity index (χ4n) is 2.46. The van der Waals surface area contributed by atoms with Gasteiger partial charge in [-0.05, 0) is 36.0 Å². The largest absolute Gasteiger partial charge is 0.496 e. The van der Waals surface area contributed by atoms with Crippen LogP contribution in [-0.4, -0.2) is 23.6 Å². The van der Waals surface area contributed by atoms with Crippen LogP contribution >= 0.6 is 0 Å². The number of anilines is 2. The summed E-state index contributed by atoms with van der Waals surface area (Å²) in [6, 6.07) is 4.01. The third-order valence-corrected chi connectivity index (χ3v) is 3.82. The zero-order valence-corrected chi connectivity index (χ0v) is 15.9. The number of ether oxygens (including phenoxy) is 2. The number of nitrogens with two attached hydrogens (primary N) is 1. The van der Waals surface area contributed by atoms with E-state index in [4.69, 9.17) is 15.2 Å². The molecule has 0 bridgehead atoms. The normalized spacial score (nSPS) is 11.0. The molecule has 3 N–H and O–H groups in total. The third kappa shape index (κ3) is 4.75. The molecule has 2 aromatic rings. The smallest absolute Gasteiger partial charge is 0.222 e. The van der Waals surface area contributed by atoms with Crippen LogP contribution in [-0.2, 0) is 0 Å². The Balaban J connectivity index is 2.41. The van der Waals surface area contributed by atoms with Crippen LogP contribution in [0.5, 0.6) is 17.2 Å². The summed E-state index contributed by atoms with van der Waals surface area (Å²) in [5, 5.41) is 3.28. The van der Waals surface area contributed by atoms with Crippen molar-refractivity contribution in [3.63, 3.8) is 0 Å². The molecule has 1 aromatic carbocycles. The minimum absolute atomic E-state index is 0.212. The summed E-state index contributed by atoms with van der Waals surface area (Å²) >= 11 is 0. The molecule has 0 aliphatic rings. The van der Waals surface area contributed by atoms with E-state index in [1.807, 2.05) is 13.0 Å². The highest BCUT2D eigenvalue weighted by Gasteiger charge is 2.16. The van der Waals surface area contributed by atoms with Gasteiger partial charge in [-0.1, -0.05) is 27.7 Å². The standard InChI is InChI=1S/C19H28N4O2/c1-11(2)9-21-18-17(10-22-19(20)23-18)25-16-8-15(24-6)13(5)7-14(16)12(3)4/h7-8,10-12H,9H2,1-6H3,(H3,20,21,22,23). The van der Waals surface area contributed by atoms with Crippen LogP contribution < -0.4 is 20.5 Å². The first-order valence-corrected chi connectivity index (χ1v) is 8.54. The van der Waals surface area contributed by atoms with Gasteiger partial charge in [0.05, 0.1) is 13.3 Å². The molecular formula is C19H28N4O2. The molecule has 0 spiro atoms. The number of aryl methyl sites for hydroxylation is 1. The van der Waals surface area contributed by atoms with Crippen molar-refractivity contribution in [1.82, 2.24) is 9.97 Å². The van der Waals surface area contributed by atoms with Gasteiger partial charge in [-0.25, -0.2) is 4.98 Å². The molecule has 0 aliphatic heterocycles. The molecule has 1 aromatic heterocycles. The Bertz CT molecular complexity index is 730. The molecule has 6 heteroatoms. The Morgan fingerprint density at radius 3 is 2.44 bits per heavy atom. The van der Waals surface area contributed by atoms with Gasteiger partial charge in [0.1, 0.15) is 11.5 Å². The first-order valence-electron chi connectivity index (χ1n) is 8.54. The molecule has 0 fully saturated rings. The van der Waals surface area contributed by atoms with Crippen LogP contribution in [0.25, 0.3) is 0 Å². The van der Waals surface area contributed by atoms with E-state index in [1.54, 1.807) is 13.3 Å². The Morgan fingerprint density at radius 2 is 1.84 bits per heavy atom. The second kappa shape index (κ2) is 8.05. The molecule has 0 amide bonds. The lowest BCUT2D eigenvalue weighted by Gasteiger charge is -2.18. The van der Waals surface area contributed by atoms with E-state index < -0.39 is 0 Å². The second-order valence-corrected chi connectivity index (χ2v) is 6.83. The van der Waals surface area contributed by atoms with Crippen LogP contribution in [0, 0.1) is 12.8 Å². The average Bonchev–Trinajstić information content (AvgIpc) is 2.55. The fourth-order valence-corrected chi connectivity index (χ4v) is 2.46. The first kappa shape index (κ1) is 18.8. The van der Waals surface area contributed by atoms with E-state index in [-0.39, 0.29) is 5.95 Å². The van der Waals surface area contributed by atoms with Crippen molar-refractivity contribution in [3.8, 4) is 17.2 Å². The summed E-state index contributed by atoms with van der Waals surface area (Å²) in [4.78, 5) is 8.34. The lowest BCUT2D eigenvalue weighted by molar-refractivity contribution is 0.404. The van der Waals surface area contributed by atoms with Gasteiger partial charge < -0.3 is 20.5 Å². The third-order valence-electron chi connectivity index (χ3n) is 3.82. The van der Waals surface area contributed by atoms with Gasteiger partial charge in [-0.15, -0.1) is 0 Å². The zero-order chi connectivity index (χ0) is 18.6. The molecule has 0 saturated carbocycles. The van der Waals surface area contributed by atoms with Crippen molar-refractivity contribution in [3.05, 3.63) is 29.5 Å². The average molecular weight is 344 g/mol. The van der Waals surface area contributed by atoms with Crippen molar-refractivity contribution in [1.29, 1.82) is 0 Å². The lowest BCUT2D eigenvalue weighted by atomic mass is 9.99. The van der Waals surface area contributed by atoms with Gasteiger partial charge in [0.15, 0.2) is 11.6 Å². The number of aromatic nitrogens is 2. The molecular weight excluding hydrogens is 316 g/mol. The minimum atomic E-state index is 0.212. The Hall–Kier alpha value is -2.50.